The van der Waals surface area contributed by atoms with Gasteiger partial charge in [-0.25, -0.2) is 9.69 Å². The van der Waals surface area contributed by atoms with Crippen LogP contribution in [0.15, 0.2) is 42.0 Å². The number of rotatable bonds is 7. The second kappa shape index (κ2) is 9.21. The summed E-state index contributed by atoms with van der Waals surface area (Å²) in [5.74, 6) is 0.272. The lowest BCUT2D eigenvalue weighted by Gasteiger charge is -2.27. The molecule has 2 aromatic carbocycles. The van der Waals surface area contributed by atoms with Crippen LogP contribution < -0.4 is 24.4 Å². The number of carbonyl (C=O) groups is 3. The van der Waals surface area contributed by atoms with Gasteiger partial charge < -0.3 is 14.2 Å². The number of amides is 4. The van der Waals surface area contributed by atoms with Crippen molar-refractivity contribution in [2.24, 2.45) is 0 Å². The van der Waals surface area contributed by atoms with E-state index in [2.05, 4.69) is 5.32 Å². The third kappa shape index (κ3) is 4.62. The van der Waals surface area contributed by atoms with Crippen LogP contribution in [0.5, 0.6) is 17.2 Å². The fraction of sp³-hybridized carbons (Fsp3) is 0.346. The average Bonchev–Trinajstić information content (AvgIpc) is 3.09. The van der Waals surface area contributed by atoms with Gasteiger partial charge in [0.2, 0.25) is 0 Å². The van der Waals surface area contributed by atoms with Gasteiger partial charge in [-0.05, 0) is 68.7 Å². The Morgan fingerprint density at radius 3 is 2.59 bits per heavy atom. The number of barbiturate groups is 1. The molecule has 0 saturated carbocycles. The topological polar surface area (TPSA) is 94.2 Å². The van der Waals surface area contributed by atoms with Crippen LogP contribution >= 0.6 is 0 Å². The van der Waals surface area contributed by atoms with Crippen molar-refractivity contribution in [3.05, 3.63) is 53.1 Å². The fourth-order valence-electron chi connectivity index (χ4n) is 4.01. The van der Waals surface area contributed by atoms with E-state index in [1.165, 1.54) is 6.08 Å². The summed E-state index contributed by atoms with van der Waals surface area (Å²) in [4.78, 5) is 39.4. The molecule has 0 aromatic heterocycles. The van der Waals surface area contributed by atoms with Crippen molar-refractivity contribution < 1.29 is 28.6 Å². The summed E-state index contributed by atoms with van der Waals surface area (Å²) in [7, 11) is 0. The number of nitrogens with zero attached hydrogens (tertiary/aromatic N) is 1. The first-order valence-electron chi connectivity index (χ1n) is 11.4. The second-order valence-electron chi connectivity index (χ2n) is 8.78. The number of hydrogen-bond acceptors (Lipinski definition) is 6. The highest BCUT2D eigenvalue weighted by Crippen LogP contribution is 2.36. The van der Waals surface area contributed by atoms with Gasteiger partial charge in [0.1, 0.15) is 16.9 Å². The van der Waals surface area contributed by atoms with Gasteiger partial charge in [-0.2, -0.15) is 0 Å². The molecule has 2 aliphatic rings. The Morgan fingerprint density at radius 1 is 1.06 bits per heavy atom. The zero-order valence-electron chi connectivity index (χ0n) is 19.8. The molecule has 1 saturated heterocycles. The summed E-state index contributed by atoms with van der Waals surface area (Å²) in [6.45, 7) is 8.72. The molecule has 0 radical (unpaired) electrons. The van der Waals surface area contributed by atoms with Gasteiger partial charge >= 0.3 is 6.03 Å². The Hall–Kier alpha value is -3.81. The van der Waals surface area contributed by atoms with Crippen molar-refractivity contribution in [1.82, 2.24) is 5.32 Å². The van der Waals surface area contributed by atoms with Gasteiger partial charge in [-0.1, -0.05) is 13.0 Å². The summed E-state index contributed by atoms with van der Waals surface area (Å²) in [5.41, 5.74) is 1.51. The molecule has 8 heteroatoms. The average molecular weight is 465 g/mol. The molecule has 0 spiro atoms. The highest BCUT2D eigenvalue weighted by molar-refractivity contribution is 6.39. The second-order valence-corrected chi connectivity index (χ2v) is 8.78. The Bertz CT molecular complexity index is 1180. The van der Waals surface area contributed by atoms with E-state index in [1.807, 2.05) is 39.8 Å². The first-order chi connectivity index (χ1) is 16.2. The third-order valence-electron chi connectivity index (χ3n) is 5.45. The summed E-state index contributed by atoms with van der Waals surface area (Å²) in [6.07, 6.45) is 3.03. The molecule has 0 bridgehead atoms. The smallest absolute Gasteiger partial charge is 0.335 e. The molecule has 2 aliphatic heterocycles. The van der Waals surface area contributed by atoms with Gasteiger partial charge in [-0.15, -0.1) is 0 Å². The molecular formula is C26H28N2O6. The van der Waals surface area contributed by atoms with E-state index in [1.54, 1.807) is 24.3 Å². The van der Waals surface area contributed by atoms with E-state index in [0.717, 1.165) is 29.1 Å². The quantitative estimate of drug-likeness (QED) is 0.486. The minimum atomic E-state index is -0.819. The predicted molar refractivity (Wildman–Crippen MR) is 127 cm³/mol. The van der Waals surface area contributed by atoms with Crippen LogP contribution in [-0.2, 0) is 16.0 Å². The number of nitrogens with one attached hydrogen (secondary N) is 1. The molecular weight excluding hydrogens is 436 g/mol. The molecule has 8 nitrogen and oxygen atoms in total. The van der Waals surface area contributed by atoms with Crippen LogP contribution in [0.4, 0.5) is 10.5 Å². The molecule has 0 aliphatic carbocycles. The molecule has 1 N–H and O–H groups in total. The lowest BCUT2D eigenvalue weighted by Crippen LogP contribution is -2.54. The summed E-state index contributed by atoms with van der Waals surface area (Å²) >= 11 is 0. The van der Waals surface area contributed by atoms with E-state index < -0.39 is 17.8 Å². The van der Waals surface area contributed by atoms with Crippen molar-refractivity contribution in [2.45, 2.75) is 46.1 Å². The van der Waals surface area contributed by atoms with Crippen LogP contribution in [0.3, 0.4) is 0 Å². The lowest BCUT2D eigenvalue weighted by molar-refractivity contribution is -0.122. The number of anilines is 1. The SMILES string of the molecule is CCCOc1ccc(N2C(=O)NC(=O)/C(=C\c3ccc4c(c3)CC(C)(C)O4)C2=O)cc1OCC. The summed E-state index contributed by atoms with van der Waals surface area (Å²) < 4.78 is 17.2. The van der Waals surface area contributed by atoms with Gasteiger partial charge in [0.15, 0.2) is 11.5 Å². The Kier molecular flexibility index (Phi) is 6.32. The molecule has 0 atom stereocenters. The number of fused-ring (bicyclic) bond motifs is 1. The Balaban J connectivity index is 1.66. The maximum absolute atomic E-state index is 13.3. The first kappa shape index (κ1) is 23.4. The molecule has 1 fully saturated rings. The standard InChI is InChI=1S/C26H28N2O6/c1-5-11-33-21-10-8-18(14-22(21)32-6-2)28-24(30)19(23(29)27-25(28)31)13-16-7-9-20-17(12-16)15-26(3,4)34-20/h7-10,12-14H,5-6,11,15H2,1-4H3,(H,27,29,31)/b19-13+. The molecule has 2 aromatic rings. The van der Waals surface area contributed by atoms with Crippen LogP contribution in [0.1, 0.15) is 45.2 Å². The number of ether oxygens (including phenoxy) is 3. The summed E-state index contributed by atoms with van der Waals surface area (Å²) in [6, 6.07) is 9.49. The molecule has 34 heavy (non-hydrogen) atoms. The Morgan fingerprint density at radius 2 is 1.85 bits per heavy atom. The number of imide groups is 2. The van der Waals surface area contributed by atoms with E-state index in [0.29, 0.717) is 30.3 Å². The lowest BCUT2D eigenvalue weighted by atomic mass is 9.99. The van der Waals surface area contributed by atoms with Gasteiger partial charge in [0, 0.05) is 12.5 Å². The third-order valence-corrected chi connectivity index (χ3v) is 5.45. The fourth-order valence-corrected chi connectivity index (χ4v) is 4.01. The van der Waals surface area contributed by atoms with E-state index in [9.17, 15) is 14.4 Å². The van der Waals surface area contributed by atoms with Gasteiger partial charge in [0.25, 0.3) is 11.8 Å². The maximum Gasteiger partial charge on any atom is 0.335 e. The predicted octanol–water partition coefficient (Wildman–Crippen LogP) is 4.25. The summed E-state index contributed by atoms with van der Waals surface area (Å²) in [5, 5.41) is 2.26. The largest absolute Gasteiger partial charge is 0.490 e. The number of carbonyl (C=O) groups excluding carboxylic acids is 3. The van der Waals surface area contributed by atoms with Crippen LogP contribution in [0.25, 0.3) is 6.08 Å². The maximum atomic E-state index is 13.3. The van der Waals surface area contributed by atoms with Crippen LogP contribution in [0, 0.1) is 0 Å². The minimum Gasteiger partial charge on any atom is -0.490 e. The van der Waals surface area contributed by atoms with Crippen molar-refractivity contribution in [3.63, 3.8) is 0 Å². The van der Waals surface area contributed by atoms with E-state index in [4.69, 9.17) is 14.2 Å². The van der Waals surface area contributed by atoms with Crippen molar-refractivity contribution in [3.8, 4) is 17.2 Å². The number of hydrogen-bond donors (Lipinski definition) is 1. The van der Waals surface area contributed by atoms with Crippen molar-refractivity contribution >= 4 is 29.6 Å². The molecule has 0 unspecified atom stereocenters. The number of urea groups is 1. The molecule has 2 heterocycles. The molecule has 178 valence electrons. The molecule has 4 amide bonds. The van der Waals surface area contributed by atoms with Crippen molar-refractivity contribution in [2.75, 3.05) is 18.1 Å². The van der Waals surface area contributed by atoms with Crippen molar-refractivity contribution in [1.29, 1.82) is 0 Å². The van der Waals surface area contributed by atoms with Gasteiger partial charge in [0.05, 0.1) is 18.9 Å². The van der Waals surface area contributed by atoms with E-state index in [-0.39, 0.29) is 16.9 Å². The normalized spacial score (nSPS) is 17.9. The zero-order valence-corrected chi connectivity index (χ0v) is 19.8. The van der Waals surface area contributed by atoms with Crippen LogP contribution in [-0.4, -0.2) is 36.7 Å². The van der Waals surface area contributed by atoms with E-state index >= 15 is 0 Å². The highest BCUT2D eigenvalue weighted by atomic mass is 16.5. The first-order valence-corrected chi connectivity index (χ1v) is 11.4. The zero-order chi connectivity index (χ0) is 24.5. The highest BCUT2D eigenvalue weighted by Gasteiger charge is 2.37. The molecule has 4 rings (SSSR count). The minimum absolute atomic E-state index is 0.137. The monoisotopic (exact) mass is 464 g/mol. The number of benzene rings is 2. The Labute approximate surface area is 198 Å². The van der Waals surface area contributed by atoms with Gasteiger partial charge in [-0.3, -0.25) is 14.9 Å². The van der Waals surface area contributed by atoms with Crippen LogP contribution in [0.2, 0.25) is 0 Å².